The molecular weight excluding hydrogens is 536 g/mol. The van der Waals surface area contributed by atoms with E-state index in [0.717, 1.165) is 59.6 Å². The minimum absolute atomic E-state index is 0.159. The summed E-state index contributed by atoms with van der Waals surface area (Å²) in [6.45, 7) is -0.00831. The summed E-state index contributed by atoms with van der Waals surface area (Å²) in [6, 6.07) is 28.5. The van der Waals surface area contributed by atoms with Gasteiger partial charge < -0.3 is 18.9 Å². The molecule has 0 aliphatic heterocycles. The number of unbranched alkanes of at least 4 members (excludes halogenated alkanes) is 1. The van der Waals surface area contributed by atoms with Crippen molar-refractivity contribution < 1.29 is 36.5 Å². The summed E-state index contributed by atoms with van der Waals surface area (Å²) in [6.07, 6.45) is 3.10. The van der Waals surface area contributed by atoms with Gasteiger partial charge in [-0.05, 0) is 83.6 Å². The molecule has 0 aromatic heterocycles. The van der Waals surface area contributed by atoms with E-state index in [9.17, 15) is 17.6 Å². The quantitative estimate of drug-likeness (QED) is 0.118. The predicted molar refractivity (Wildman–Crippen MR) is 153 cm³/mol. The highest BCUT2D eigenvalue weighted by Crippen LogP contribution is 2.26. The zero-order chi connectivity index (χ0) is 29.5. The van der Waals surface area contributed by atoms with Crippen molar-refractivity contribution in [2.75, 3.05) is 13.2 Å². The molecule has 0 bridgehead atoms. The lowest BCUT2D eigenvalue weighted by molar-refractivity contribution is -0.0505. The number of hydrogen-bond acceptors (Lipinski definition) is 4. The zero-order valence-electron chi connectivity index (χ0n) is 23.1. The number of rotatable bonds is 13. The minimum atomic E-state index is -2.80. The van der Waals surface area contributed by atoms with Crippen LogP contribution in [-0.4, -0.2) is 26.4 Å². The van der Waals surface area contributed by atoms with E-state index in [1.54, 1.807) is 24.3 Å². The molecule has 0 spiro atoms. The molecule has 218 valence electrons. The molecule has 4 aromatic carbocycles. The Morgan fingerprint density at radius 1 is 0.439 bits per heavy atom. The molecule has 0 heterocycles. The van der Waals surface area contributed by atoms with Gasteiger partial charge in [0.1, 0.15) is 23.0 Å². The second kappa shape index (κ2) is 16.8. The first-order valence-electron chi connectivity index (χ1n) is 13.4. The SMILES string of the molecule is CCCCOc1ccc(-c2ccc(OC(F)F)cc2)cc1.CCCOc1ccc(-c2ccc(OC(F)F)cc2)cc1. The van der Waals surface area contributed by atoms with Crippen molar-refractivity contribution in [1.82, 2.24) is 0 Å². The Bertz CT molecular complexity index is 1260. The van der Waals surface area contributed by atoms with Crippen LogP contribution >= 0.6 is 0 Å². The Morgan fingerprint density at radius 3 is 1.05 bits per heavy atom. The molecule has 4 aromatic rings. The van der Waals surface area contributed by atoms with Crippen LogP contribution in [0.15, 0.2) is 97.1 Å². The van der Waals surface area contributed by atoms with Crippen molar-refractivity contribution in [3.05, 3.63) is 97.1 Å². The lowest BCUT2D eigenvalue weighted by Gasteiger charge is -2.08. The molecule has 0 saturated carbocycles. The van der Waals surface area contributed by atoms with Gasteiger partial charge in [0.25, 0.3) is 0 Å². The summed E-state index contributed by atoms with van der Waals surface area (Å²) in [5.74, 6) is 1.98. The number of benzene rings is 4. The fourth-order valence-electron chi connectivity index (χ4n) is 3.70. The Balaban J connectivity index is 0.000000226. The van der Waals surface area contributed by atoms with E-state index in [2.05, 4.69) is 23.3 Å². The number of alkyl halides is 4. The van der Waals surface area contributed by atoms with Crippen LogP contribution in [-0.2, 0) is 0 Å². The normalized spacial score (nSPS) is 10.6. The van der Waals surface area contributed by atoms with Crippen molar-refractivity contribution in [2.45, 2.75) is 46.3 Å². The van der Waals surface area contributed by atoms with Gasteiger partial charge in [0.05, 0.1) is 13.2 Å². The molecule has 0 unspecified atom stereocenters. The minimum Gasteiger partial charge on any atom is -0.494 e. The lowest BCUT2D eigenvalue weighted by atomic mass is 10.1. The molecule has 0 fully saturated rings. The highest BCUT2D eigenvalue weighted by molar-refractivity contribution is 5.65. The molecule has 0 N–H and O–H groups in total. The number of hydrogen-bond donors (Lipinski definition) is 0. The number of ether oxygens (including phenoxy) is 4. The Morgan fingerprint density at radius 2 is 0.756 bits per heavy atom. The van der Waals surface area contributed by atoms with Gasteiger partial charge in [0, 0.05) is 0 Å². The average Bonchev–Trinajstić information content (AvgIpc) is 2.97. The maximum Gasteiger partial charge on any atom is 0.387 e. The summed E-state index contributed by atoms with van der Waals surface area (Å²) in [4.78, 5) is 0. The fourth-order valence-corrected chi connectivity index (χ4v) is 3.70. The molecule has 0 atom stereocenters. The van der Waals surface area contributed by atoms with Crippen molar-refractivity contribution in [3.8, 4) is 45.3 Å². The summed E-state index contributed by atoms with van der Waals surface area (Å²) in [5, 5.41) is 0. The molecule has 0 aliphatic rings. The van der Waals surface area contributed by atoms with Gasteiger partial charge in [-0.2, -0.15) is 17.6 Å². The van der Waals surface area contributed by atoms with E-state index in [1.165, 1.54) is 24.3 Å². The molecule has 41 heavy (non-hydrogen) atoms. The standard InChI is InChI=1S/C17H18F2O2.C16H16F2O2/c1-2-3-12-20-15-8-4-13(5-9-15)14-6-10-16(11-7-14)21-17(18)19;1-2-11-19-14-7-3-12(4-8-14)13-5-9-15(10-6-13)20-16(17)18/h4-11,17H,2-3,12H2,1H3;3-10,16H,2,11H2,1H3. The van der Waals surface area contributed by atoms with Gasteiger partial charge in [0.2, 0.25) is 0 Å². The molecule has 4 rings (SSSR count). The van der Waals surface area contributed by atoms with E-state index in [4.69, 9.17) is 9.47 Å². The molecule has 8 heteroatoms. The Labute approximate surface area is 238 Å². The van der Waals surface area contributed by atoms with Crippen LogP contribution in [0.3, 0.4) is 0 Å². The second-order valence-electron chi connectivity index (χ2n) is 8.90. The van der Waals surface area contributed by atoms with Crippen molar-refractivity contribution in [3.63, 3.8) is 0 Å². The lowest BCUT2D eigenvalue weighted by Crippen LogP contribution is -2.01. The van der Waals surface area contributed by atoms with Crippen molar-refractivity contribution in [1.29, 1.82) is 0 Å². The first-order chi connectivity index (χ1) is 19.9. The van der Waals surface area contributed by atoms with Crippen LogP contribution in [0.2, 0.25) is 0 Å². The van der Waals surface area contributed by atoms with E-state index in [0.29, 0.717) is 6.61 Å². The summed E-state index contributed by atoms with van der Waals surface area (Å²) < 4.78 is 68.0. The summed E-state index contributed by atoms with van der Waals surface area (Å²) >= 11 is 0. The van der Waals surface area contributed by atoms with Gasteiger partial charge in [-0.25, -0.2) is 0 Å². The van der Waals surface area contributed by atoms with Gasteiger partial charge in [-0.1, -0.05) is 68.8 Å². The van der Waals surface area contributed by atoms with Crippen molar-refractivity contribution in [2.24, 2.45) is 0 Å². The molecule has 0 amide bonds. The average molecular weight is 571 g/mol. The first kappa shape index (κ1) is 31.3. The van der Waals surface area contributed by atoms with Crippen LogP contribution < -0.4 is 18.9 Å². The molecular formula is C33H34F4O4. The first-order valence-corrected chi connectivity index (χ1v) is 13.4. The van der Waals surface area contributed by atoms with Crippen LogP contribution in [0.5, 0.6) is 23.0 Å². The van der Waals surface area contributed by atoms with E-state index in [1.807, 2.05) is 48.5 Å². The Hall–Kier alpha value is -4.20. The van der Waals surface area contributed by atoms with E-state index in [-0.39, 0.29) is 11.5 Å². The zero-order valence-corrected chi connectivity index (χ0v) is 23.1. The van der Waals surface area contributed by atoms with Crippen LogP contribution in [0, 0.1) is 0 Å². The van der Waals surface area contributed by atoms with Gasteiger partial charge >= 0.3 is 13.2 Å². The highest BCUT2D eigenvalue weighted by atomic mass is 19.3. The van der Waals surface area contributed by atoms with E-state index >= 15 is 0 Å². The van der Waals surface area contributed by atoms with Gasteiger partial charge in [-0.3, -0.25) is 0 Å². The second-order valence-corrected chi connectivity index (χ2v) is 8.90. The van der Waals surface area contributed by atoms with Crippen LogP contribution in [0.1, 0.15) is 33.1 Å². The highest BCUT2D eigenvalue weighted by Gasteiger charge is 2.06. The van der Waals surface area contributed by atoms with Crippen molar-refractivity contribution >= 4 is 0 Å². The largest absolute Gasteiger partial charge is 0.494 e. The van der Waals surface area contributed by atoms with Gasteiger partial charge in [0.15, 0.2) is 0 Å². The van der Waals surface area contributed by atoms with E-state index < -0.39 is 13.2 Å². The molecule has 0 aliphatic carbocycles. The monoisotopic (exact) mass is 570 g/mol. The number of halogens is 4. The molecule has 0 radical (unpaired) electrons. The smallest absolute Gasteiger partial charge is 0.387 e. The fraction of sp³-hybridized carbons (Fsp3) is 0.273. The maximum absolute atomic E-state index is 12.1. The van der Waals surface area contributed by atoms with Crippen LogP contribution in [0.25, 0.3) is 22.3 Å². The summed E-state index contributed by atoms with van der Waals surface area (Å²) in [7, 11) is 0. The third kappa shape index (κ3) is 11.1. The van der Waals surface area contributed by atoms with Crippen LogP contribution in [0.4, 0.5) is 17.6 Å². The Kier molecular flexibility index (Phi) is 12.8. The van der Waals surface area contributed by atoms with Gasteiger partial charge in [-0.15, -0.1) is 0 Å². The third-order valence-electron chi connectivity index (χ3n) is 5.77. The molecule has 0 saturated heterocycles. The topological polar surface area (TPSA) is 36.9 Å². The molecule has 4 nitrogen and oxygen atoms in total. The predicted octanol–water partition coefficient (Wildman–Crippen LogP) is 9.88. The maximum atomic E-state index is 12.1. The third-order valence-corrected chi connectivity index (χ3v) is 5.77. The summed E-state index contributed by atoms with van der Waals surface area (Å²) in [5.41, 5.74) is 3.88.